The molecular weight excluding hydrogens is 230 g/mol. The quantitative estimate of drug-likeness (QED) is 0.858. The maximum Gasteiger partial charge on any atom is 0.0477 e. The van der Waals surface area contributed by atoms with E-state index < -0.39 is 0 Å². The van der Waals surface area contributed by atoms with Crippen LogP contribution < -0.4 is 5.32 Å². The molecule has 0 saturated heterocycles. The van der Waals surface area contributed by atoms with E-state index in [4.69, 9.17) is 0 Å². The third-order valence-electron chi connectivity index (χ3n) is 4.37. The smallest absolute Gasteiger partial charge is 0.0477 e. The van der Waals surface area contributed by atoms with E-state index in [1.165, 1.54) is 16.8 Å². The predicted octanol–water partition coefficient (Wildman–Crippen LogP) is 4.29. The molecule has 1 atom stereocenters. The fourth-order valence-corrected chi connectivity index (χ4v) is 3.07. The molecule has 0 amide bonds. The van der Waals surface area contributed by atoms with Crippen molar-refractivity contribution in [3.63, 3.8) is 0 Å². The summed E-state index contributed by atoms with van der Waals surface area (Å²) >= 11 is 0. The number of nitrogens with one attached hydrogen (secondary N) is 1. The maximum atomic E-state index is 3.80. The molecule has 0 bridgehead atoms. The lowest BCUT2D eigenvalue weighted by Gasteiger charge is -2.35. The molecule has 2 aromatic carbocycles. The molecule has 0 aromatic heterocycles. The summed E-state index contributed by atoms with van der Waals surface area (Å²) in [6.07, 6.45) is 2.20. The van der Waals surface area contributed by atoms with Gasteiger partial charge in [0.25, 0.3) is 0 Å². The minimum absolute atomic E-state index is 0.158. The molecule has 0 spiro atoms. The molecule has 0 radical (unpaired) electrons. The van der Waals surface area contributed by atoms with E-state index in [9.17, 15) is 0 Å². The van der Waals surface area contributed by atoms with Crippen molar-refractivity contribution in [1.82, 2.24) is 0 Å². The predicted molar refractivity (Wildman–Crippen MR) is 81.5 cm³/mol. The van der Waals surface area contributed by atoms with Gasteiger partial charge in [-0.15, -0.1) is 0 Å². The molecule has 3 rings (SSSR count). The number of anilines is 1. The Kier molecular flexibility index (Phi) is 3.06. The van der Waals surface area contributed by atoms with E-state index in [0.717, 1.165) is 12.8 Å². The van der Waals surface area contributed by atoms with Crippen LogP contribution in [0.4, 0.5) is 5.69 Å². The Balaban J connectivity index is 1.91. The van der Waals surface area contributed by atoms with Crippen molar-refractivity contribution >= 4 is 5.69 Å². The summed E-state index contributed by atoms with van der Waals surface area (Å²) in [5.74, 6) is 0.597. The SMILES string of the molecule is CC(C)C1(Cc2ccccc2)Cc2ccccc2N1. The number of hydrogen-bond donors (Lipinski definition) is 1. The van der Waals surface area contributed by atoms with Crippen LogP contribution in [0.2, 0.25) is 0 Å². The zero-order valence-electron chi connectivity index (χ0n) is 11.7. The highest BCUT2D eigenvalue weighted by Crippen LogP contribution is 2.39. The molecule has 98 valence electrons. The van der Waals surface area contributed by atoms with Crippen LogP contribution in [0.25, 0.3) is 0 Å². The lowest BCUT2D eigenvalue weighted by molar-refractivity contribution is 0.350. The van der Waals surface area contributed by atoms with E-state index in [-0.39, 0.29) is 5.54 Å². The largest absolute Gasteiger partial charge is 0.378 e. The Hall–Kier alpha value is -1.76. The van der Waals surface area contributed by atoms with Gasteiger partial charge in [0.2, 0.25) is 0 Å². The third-order valence-corrected chi connectivity index (χ3v) is 4.37. The van der Waals surface area contributed by atoms with Crippen molar-refractivity contribution in [3.8, 4) is 0 Å². The van der Waals surface area contributed by atoms with Crippen molar-refractivity contribution < 1.29 is 0 Å². The lowest BCUT2D eigenvalue weighted by Crippen LogP contribution is -2.44. The van der Waals surface area contributed by atoms with E-state index in [1.54, 1.807) is 0 Å². The van der Waals surface area contributed by atoms with Crippen molar-refractivity contribution in [1.29, 1.82) is 0 Å². The normalized spacial score (nSPS) is 21.2. The maximum absolute atomic E-state index is 3.80. The Bertz CT molecular complexity index is 532. The van der Waals surface area contributed by atoms with Gasteiger partial charge in [-0.1, -0.05) is 62.4 Å². The van der Waals surface area contributed by atoms with Crippen LogP contribution in [0, 0.1) is 5.92 Å². The molecule has 0 aliphatic carbocycles. The molecule has 0 saturated carbocycles. The summed E-state index contributed by atoms with van der Waals surface area (Å²) in [7, 11) is 0. The van der Waals surface area contributed by atoms with E-state index in [1.807, 2.05) is 0 Å². The summed E-state index contributed by atoms with van der Waals surface area (Å²) in [5.41, 5.74) is 4.33. The van der Waals surface area contributed by atoms with Crippen molar-refractivity contribution in [3.05, 3.63) is 65.7 Å². The molecule has 1 heteroatoms. The molecular formula is C18H21N. The highest BCUT2D eigenvalue weighted by molar-refractivity contribution is 5.59. The second kappa shape index (κ2) is 4.73. The van der Waals surface area contributed by atoms with E-state index >= 15 is 0 Å². The highest BCUT2D eigenvalue weighted by Gasteiger charge is 2.39. The summed E-state index contributed by atoms with van der Waals surface area (Å²) in [5, 5.41) is 3.80. The van der Waals surface area contributed by atoms with E-state index in [0.29, 0.717) is 5.92 Å². The number of hydrogen-bond acceptors (Lipinski definition) is 1. The highest BCUT2D eigenvalue weighted by atomic mass is 15.0. The lowest BCUT2D eigenvalue weighted by atomic mass is 9.79. The average Bonchev–Trinajstić information content (AvgIpc) is 2.79. The second-order valence-electron chi connectivity index (χ2n) is 5.93. The van der Waals surface area contributed by atoms with Crippen molar-refractivity contribution in [2.75, 3.05) is 5.32 Å². The zero-order chi connectivity index (χ0) is 13.3. The second-order valence-corrected chi connectivity index (χ2v) is 5.93. The fourth-order valence-electron chi connectivity index (χ4n) is 3.07. The summed E-state index contributed by atoms with van der Waals surface area (Å²) in [6.45, 7) is 4.64. The number of benzene rings is 2. The molecule has 1 heterocycles. The van der Waals surface area contributed by atoms with Gasteiger partial charge in [0.15, 0.2) is 0 Å². The van der Waals surface area contributed by atoms with E-state index in [2.05, 4.69) is 73.8 Å². The molecule has 1 aliphatic heterocycles. The molecule has 1 nitrogen and oxygen atoms in total. The Morgan fingerprint density at radius 2 is 1.68 bits per heavy atom. The summed E-state index contributed by atoms with van der Waals surface area (Å²) in [6, 6.07) is 19.5. The minimum atomic E-state index is 0.158. The number of fused-ring (bicyclic) bond motifs is 1. The topological polar surface area (TPSA) is 12.0 Å². The van der Waals surface area contributed by atoms with Gasteiger partial charge in [-0.05, 0) is 36.0 Å². The van der Waals surface area contributed by atoms with Crippen LogP contribution in [0.3, 0.4) is 0 Å². The number of rotatable bonds is 3. The van der Waals surface area contributed by atoms with Gasteiger partial charge in [0, 0.05) is 11.2 Å². The average molecular weight is 251 g/mol. The third kappa shape index (κ3) is 2.25. The van der Waals surface area contributed by atoms with Gasteiger partial charge in [0.1, 0.15) is 0 Å². The van der Waals surface area contributed by atoms with Gasteiger partial charge >= 0.3 is 0 Å². The Labute approximate surface area is 115 Å². The van der Waals surface area contributed by atoms with Crippen LogP contribution in [0.1, 0.15) is 25.0 Å². The minimum Gasteiger partial charge on any atom is -0.378 e. The molecule has 0 fully saturated rings. The molecule has 1 N–H and O–H groups in total. The zero-order valence-corrected chi connectivity index (χ0v) is 11.7. The number of para-hydroxylation sites is 1. The summed E-state index contributed by atoms with van der Waals surface area (Å²) in [4.78, 5) is 0. The Morgan fingerprint density at radius 3 is 2.37 bits per heavy atom. The van der Waals surface area contributed by atoms with Gasteiger partial charge in [-0.25, -0.2) is 0 Å². The first kappa shape index (κ1) is 12.3. The van der Waals surface area contributed by atoms with Crippen molar-refractivity contribution in [2.45, 2.75) is 32.2 Å². The van der Waals surface area contributed by atoms with Gasteiger partial charge in [-0.3, -0.25) is 0 Å². The van der Waals surface area contributed by atoms with Crippen LogP contribution in [-0.2, 0) is 12.8 Å². The van der Waals surface area contributed by atoms with Crippen LogP contribution in [-0.4, -0.2) is 5.54 Å². The van der Waals surface area contributed by atoms with Gasteiger partial charge in [0.05, 0.1) is 0 Å². The molecule has 1 aliphatic rings. The van der Waals surface area contributed by atoms with Crippen LogP contribution in [0.5, 0.6) is 0 Å². The first-order valence-corrected chi connectivity index (χ1v) is 7.10. The first-order chi connectivity index (χ1) is 9.20. The first-order valence-electron chi connectivity index (χ1n) is 7.10. The van der Waals surface area contributed by atoms with Gasteiger partial charge < -0.3 is 5.32 Å². The standard InChI is InChI=1S/C18H21N/c1-14(2)18(12-15-8-4-3-5-9-15)13-16-10-6-7-11-17(16)19-18/h3-11,14,19H,12-13H2,1-2H3. The van der Waals surface area contributed by atoms with Crippen molar-refractivity contribution in [2.24, 2.45) is 5.92 Å². The Morgan fingerprint density at radius 1 is 1.00 bits per heavy atom. The molecule has 2 aromatic rings. The van der Waals surface area contributed by atoms with Crippen LogP contribution >= 0.6 is 0 Å². The fraction of sp³-hybridized carbons (Fsp3) is 0.333. The van der Waals surface area contributed by atoms with Gasteiger partial charge in [-0.2, -0.15) is 0 Å². The summed E-state index contributed by atoms with van der Waals surface area (Å²) < 4.78 is 0. The molecule has 1 unspecified atom stereocenters. The van der Waals surface area contributed by atoms with Crippen LogP contribution in [0.15, 0.2) is 54.6 Å². The monoisotopic (exact) mass is 251 g/mol. The molecule has 19 heavy (non-hydrogen) atoms.